The van der Waals surface area contributed by atoms with Gasteiger partial charge in [0.05, 0.1) is 0 Å². The van der Waals surface area contributed by atoms with Gasteiger partial charge in [-0.1, -0.05) is 52.2 Å². The smallest absolute Gasteiger partial charge is 0.852 e. The Morgan fingerprint density at radius 2 is 1.67 bits per heavy atom. The van der Waals surface area contributed by atoms with Crippen LogP contribution in [0.25, 0.3) is 11.1 Å². The summed E-state index contributed by atoms with van der Waals surface area (Å²) in [6.45, 7) is 7.01. The Balaban J connectivity index is 0.000000485. The second kappa shape index (κ2) is 14.0. The molecule has 30 heavy (non-hydrogen) atoms. The van der Waals surface area contributed by atoms with Crippen molar-refractivity contribution in [3.8, 4) is 11.1 Å². The zero-order chi connectivity index (χ0) is 21.4. The molecule has 1 aliphatic heterocycles. The van der Waals surface area contributed by atoms with Crippen LogP contribution in [0.3, 0.4) is 0 Å². The largest absolute Gasteiger partial charge is 1.00 e. The monoisotopic (exact) mass is 445 g/mol. The number of hydrogen-bond acceptors (Lipinski definition) is 2. The fourth-order valence-corrected chi connectivity index (χ4v) is 3.44. The van der Waals surface area contributed by atoms with E-state index in [4.69, 9.17) is 0 Å². The van der Waals surface area contributed by atoms with Crippen molar-refractivity contribution < 1.29 is 69.7 Å². The van der Waals surface area contributed by atoms with E-state index in [1.54, 1.807) is 6.07 Å². The Bertz CT molecular complexity index is 783. The van der Waals surface area contributed by atoms with E-state index in [1.165, 1.54) is 30.7 Å². The molecule has 1 saturated carbocycles. The van der Waals surface area contributed by atoms with Crippen LogP contribution in [0, 0.1) is 23.4 Å². The van der Waals surface area contributed by atoms with E-state index in [0.29, 0.717) is 23.5 Å². The van der Waals surface area contributed by atoms with E-state index in [2.05, 4.69) is 12.2 Å². The summed E-state index contributed by atoms with van der Waals surface area (Å²) in [5, 5.41) is 13.3. The minimum atomic E-state index is -0.499. The van der Waals surface area contributed by atoms with E-state index in [9.17, 15) is 18.3 Å². The first-order valence-corrected chi connectivity index (χ1v) is 10.6. The van der Waals surface area contributed by atoms with Crippen molar-refractivity contribution in [2.45, 2.75) is 65.0 Å². The molecule has 0 bridgehead atoms. The van der Waals surface area contributed by atoms with Gasteiger partial charge in [-0.25, -0.2) is 13.2 Å². The number of halogens is 3. The molecule has 1 saturated heterocycles. The van der Waals surface area contributed by atoms with Gasteiger partial charge >= 0.3 is 51.4 Å². The summed E-state index contributed by atoms with van der Waals surface area (Å²) in [6, 6.07) is 8.10. The minimum Gasteiger partial charge on any atom is -0.852 e. The van der Waals surface area contributed by atoms with Crippen LogP contribution in [0.15, 0.2) is 36.4 Å². The molecule has 2 aromatic carbocycles. The molecule has 6 heteroatoms. The van der Waals surface area contributed by atoms with Gasteiger partial charge in [-0.3, -0.25) is 0 Å². The van der Waals surface area contributed by atoms with Crippen molar-refractivity contribution in [3.63, 3.8) is 0 Å². The van der Waals surface area contributed by atoms with Crippen LogP contribution in [-0.4, -0.2) is 18.7 Å². The number of rotatable bonds is 3. The summed E-state index contributed by atoms with van der Waals surface area (Å²) in [7, 11) is 0. The Morgan fingerprint density at radius 3 is 2.17 bits per heavy atom. The summed E-state index contributed by atoms with van der Waals surface area (Å²) in [5.74, 6) is -0.997. The summed E-state index contributed by atoms with van der Waals surface area (Å²) >= 11 is 0. The van der Waals surface area contributed by atoms with Crippen molar-refractivity contribution in [2.24, 2.45) is 5.92 Å². The van der Waals surface area contributed by atoms with Gasteiger partial charge in [0.15, 0.2) is 0 Å². The van der Waals surface area contributed by atoms with Crippen molar-refractivity contribution in [1.29, 1.82) is 0 Å². The Labute approximate surface area is 221 Å². The fourth-order valence-electron chi connectivity index (χ4n) is 3.44. The summed E-state index contributed by atoms with van der Waals surface area (Å²) in [6.07, 6.45) is 4.33. The van der Waals surface area contributed by atoms with Gasteiger partial charge < -0.3 is 10.4 Å². The van der Waals surface area contributed by atoms with Crippen molar-refractivity contribution in [3.05, 3.63) is 59.4 Å². The fraction of sp³-hybridized carbons (Fsp3) is 0.500. The SMILES string of the molecule is CC.CC1CCNC1Cc1cc(F)cc(-c2cccc(F)c2)c1F.[K+].[O-]C1CCC1. The standard InChI is InChI=1S/C18H18F3N.C4H7O.C2H6.K/c1-11-5-6-22-17(11)9-13-8-15(20)10-16(18(13)21)12-3-2-4-14(19)7-12;5-4-2-1-3-4;1-2;/h2-4,7-8,10-11,17,22H,5-6,9H2,1H3;4H,1-3H2;1-2H3;/q;-1;;+1. The van der Waals surface area contributed by atoms with Gasteiger partial charge in [0, 0.05) is 11.6 Å². The van der Waals surface area contributed by atoms with Crippen LogP contribution in [0.2, 0.25) is 0 Å². The second-order valence-corrected chi connectivity index (χ2v) is 7.52. The maximum absolute atomic E-state index is 14.7. The molecule has 0 aromatic heterocycles. The first-order valence-electron chi connectivity index (χ1n) is 10.6. The number of hydrogen-bond donors (Lipinski definition) is 1. The molecular weight excluding hydrogens is 414 g/mol. The third-order valence-corrected chi connectivity index (χ3v) is 5.43. The van der Waals surface area contributed by atoms with E-state index >= 15 is 0 Å². The molecule has 2 unspecified atom stereocenters. The van der Waals surface area contributed by atoms with Gasteiger partial charge in [-0.05, 0) is 60.7 Å². The molecular formula is C24H31F3KNO. The molecule has 4 rings (SSSR count). The zero-order valence-electron chi connectivity index (χ0n) is 18.5. The summed E-state index contributed by atoms with van der Waals surface area (Å²) < 4.78 is 42.0. The van der Waals surface area contributed by atoms with Crippen LogP contribution in [0.4, 0.5) is 13.2 Å². The number of benzene rings is 2. The topological polar surface area (TPSA) is 35.1 Å². The van der Waals surface area contributed by atoms with E-state index in [1.807, 2.05) is 13.8 Å². The quantitative estimate of drug-likeness (QED) is 0.736. The third-order valence-electron chi connectivity index (χ3n) is 5.43. The van der Waals surface area contributed by atoms with Gasteiger partial charge in [0.1, 0.15) is 17.5 Å². The van der Waals surface area contributed by atoms with Gasteiger partial charge in [0.25, 0.3) is 0 Å². The molecule has 2 atom stereocenters. The normalized spacial score (nSPS) is 20.1. The van der Waals surface area contributed by atoms with Crippen LogP contribution in [0.5, 0.6) is 0 Å². The predicted octanol–water partition coefficient (Wildman–Crippen LogP) is 2.24. The molecule has 1 aliphatic carbocycles. The van der Waals surface area contributed by atoms with Crippen molar-refractivity contribution >= 4 is 0 Å². The summed E-state index contributed by atoms with van der Waals surface area (Å²) in [4.78, 5) is 0. The molecule has 2 nitrogen and oxygen atoms in total. The first kappa shape index (κ1) is 27.8. The van der Waals surface area contributed by atoms with Crippen molar-refractivity contribution in [2.75, 3.05) is 6.54 Å². The molecule has 160 valence electrons. The molecule has 0 spiro atoms. The van der Waals surface area contributed by atoms with Gasteiger partial charge in [-0.15, -0.1) is 6.10 Å². The number of nitrogens with one attached hydrogen (secondary N) is 1. The van der Waals surface area contributed by atoms with E-state index in [-0.39, 0.29) is 69.1 Å². The Kier molecular flexibility index (Phi) is 13.0. The Morgan fingerprint density at radius 1 is 1.00 bits per heavy atom. The third kappa shape index (κ3) is 8.04. The molecule has 2 aromatic rings. The molecule has 2 aliphatic rings. The Hall–Kier alpha value is -0.214. The molecule has 0 radical (unpaired) electrons. The van der Waals surface area contributed by atoms with Crippen LogP contribution in [-0.2, 0) is 6.42 Å². The molecule has 1 heterocycles. The average molecular weight is 446 g/mol. The maximum atomic E-state index is 14.7. The van der Waals surface area contributed by atoms with Gasteiger partial charge in [0.2, 0.25) is 0 Å². The van der Waals surface area contributed by atoms with Crippen LogP contribution in [0.1, 0.15) is 52.0 Å². The average Bonchev–Trinajstić information content (AvgIpc) is 3.09. The zero-order valence-corrected chi connectivity index (χ0v) is 21.6. The van der Waals surface area contributed by atoms with Gasteiger partial charge in [-0.2, -0.15) is 0 Å². The van der Waals surface area contributed by atoms with E-state index < -0.39 is 17.5 Å². The van der Waals surface area contributed by atoms with Crippen LogP contribution < -0.4 is 61.8 Å². The maximum Gasteiger partial charge on any atom is 1.00 e. The van der Waals surface area contributed by atoms with Crippen LogP contribution >= 0.6 is 0 Å². The molecule has 1 N–H and O–H groups in total. The first-order chi connectivity index (χ1) is 13.9. The minimum absolute atomic E-state index is 0. The summed E-state index contributed by atoms with van der Waals surface area (Å²) in [5.41, 5.74) is 0.802. The predicted molar refractivity (Wildman–Crippen MR) is 110 cm³/mol. The molecule has 0 amide bonds. The molecule has 2 fully saturated rings. The van der Waals surface area contributed by atoms with E-state index in [0.717, 1.165) is 31.9 Å². The van der Waals surface area contributed by atoms with Crippen molar-refractivity contribution in [1.82, 2.24) is 5.32 Å². The second-order valence-electron chi connectivity index (χ2n) is 7.52.